The smallest absolute Gasteiger partial charge is 0.254 e. The zero-order valence-corrected chi connectivity index (χ0v) is 14.8. The topological polar surface area (TPSA) is 46.1 Å². The molecule has 4 rings (SSSR count). The van der Waals surface area contributed by atoms with Crippen molar-refractivity contribution in [3.05, 3.63) is 83.9 Å². The average molecular weight is 343 g/mol. The van der Waals surface area contributed by atoms with E-state index in [0.29, 0.717) is 11.5 Å². The van der Waals surface area contributed by atoms with Gasteiger partial charge in [0.2, 0.25) is 0 Å². The van der Waals surface area contributed by atoms with Crippen LogP contribution in [0.1, 0.15) is 33.8 Å². The van der Waals surface area contributed by atoms with Gasteiger partial charge >= 0.3 is 0 Å². The molecule has 4 heteroatoms. The van der Waals surface area contributed by atoms with Gasteiger partial charge in [0.1, 0.15) is 6.33 Å². The van der Waals surface area contributed by atoms with Gasteiger partial charge in [0.05, 0.1) is 0 Å². The van der Waals surface area contributed by atoms with E-state index in [-0.39, 0.29) is 5.91 Å². The van der Waals surface area contributed by atoms with E-state index in [0.717, 1.165) is 30.6 Å². The van der Waals surface area contributed by atoms with Gasteiger partial charge in [-0.1, -0.05) is 42.5 Å². The van der Waals surface area contributed by atoms with Crippen LogP contribution in [0.5, 0.6) is 0 Å². The third kappa shape index (κ3) is 3.10. The monoisotopic (exact) mass is 343 g/mol. The Hall–Kier alpha value is -3.01. The molecule has 0 aliphatic carbocycles. The van der Waals surface area contributed by atoms with Gasteiger partial charge in [-0.15, -0.1) is 0 Å². The van der Waals surface area contributed by atoms with Crippen molar-refractivity contribution in [1.29, 1.82) is 0 Å². The second kappa shape index (κ2) is 7.08. The predicted molar refractivity (Wildman–Crippen MR) is 102 cm³/mol. The van der Waals surface area contributed by atoms with Crippen molar-refractivity contribution >= 4 is 5.91 Å². The number of carbonyl (C=O) groups is 1. The van der Waals surface area contributed by atoms with Crippen LogP contribution in [0.2, 0.25) is 0 Å². The number of aromatic nitrogens is 2. The van der Waals surface area contributed by atoms with Crippen LogP contribution in [0.15, 0.2) is 67.3 Å². The Kier molecular flexibility index (Phi) is 4.48. The zero-order valence-electron chi connectivity index (χ0n) is 14.8. The molecule has 1 aliphatic heterocycles. The molecule has 0 bridgehead atoms. The highest BCUT2D eigenvalue weighted by Crippen LogP contribution is 2.31. The van der Waals surface area contributed by atoms with E-state index in [1.807, 2.05) is 29.2 Å². The Morgan fingerprint density at radius 2 is 1.77 bits per heavy atom. The molecule has 0 unspecified atom stereocenters. The van der Waals surface area contributed by atoms with E-state index in [2.05, 4.69) is 41.2 Å². The van der Waals surface area contributed by atoms with Crippen LogP contribution >= 0.6 is 0 Å². The summed E-state index contributed by atoms with van der Waals surface area (Å²) >= 11 is 0. The molecule has 2 heterocycles. The van der Waals surface area contributed by atoms with E-state index < -0.39 is 0 Å². The summed E-state index contributed by atoms with van der Waals surface area (Å²) < 4.78 is 0. The molecule has 1 atom stereocenters. The Morgan fingerprint density at radius 3 is 2.58 bits per heavy atom. The molecule has 0 spiro atoms. The van der Waals surface area contributed by atoms with E-state index in [9.17, 15) is 4.79 Å². The number of hydrogen-bond acceptors (Lipinski definition) is 3. The lowest BCUT2D eigenvalue weighted by atomic mass is 9.94. The van der Waals surface area contributed by atoms with Gasteiger partial charge in [0, 0.05) is 42.5 Å². The highest BCUT2D eigenvalue weighted by Gasteiger charge is 2.29. The third-order valence-corrected chi connectivity index (χ3v) is 5.13. The summed E-state index contributed by atoms with van der Waals surface area (Å²) in [5, 5.41) is 0. The van der Waals surface area contributed by atoms with Crippen molar-refractivity contribution in [2.75, 3.05) is 13.1 Å². The molecule has 1 amide bonds. The van der Waals surface area contributed by atoms with Crippen LogP contribution < -0.4 is 0 Å². The van der Waals surface area contributed by atoms with Crippen LogP contribution in [-0.2, 0) is 0 Å². The molecule has 4 nitrogen and oxygen atoms in total. The first kappa shape index (κ1) is 16.5. The van der Waals surface area contributed by atoms with Gasteiger partial charge in [-0.05, 0) is 36.1 Å². The van der Waals surface area contributed by atoms with Crippen molar-refractivity contribution < 1.29 is 4.79 Å². The summed E-state index contributed by atoms with van der Waals surface area (Å²) in [6.45, 7) is 3.70. The van der Waals surface area contributed by atoms with Crippen LogP contribution in [0.3, 0.4) is 0 Å². The number of rotatable bonds is 3. The molecule has 1 saturated heterocycles. The van der Waals surface area contributed by atoms with Crippen molar-refractivity contribution in [3.8, 4) is 11.1 Å². The molecule has 3 aromatic rings. The molecule has 130 valence electrons. The van der Waals surface area contributed by atoms with Crippen LogP contribution in [0.25, 0.3) is 11.1 Å². The maximum atomic E-state index is 13.2. The van der Waals surface area contributed by atoms with Gasteiger partial charge in [-0.25, -0.2) is 9.97 Å². The number of amides is 1. The van der Waals surface area contributed by atoms with Crippen molar-refractivity contribution in [3.63, 3.8) is 0 Å². The number of hydrogen-bond donors (Lipinski definition) is 0. The quantitative estimate of drug-likeness (QED) is 0.720. The minimum absolute atomic E-state index is 0.0838. The molecule has 1 aromatic heterocycles. The van der Waals surface area contributed by atoms with Crippen molar-refractivity contribution in [2.24, 2.45) is 0 Å². The number of nitrogens with zero attached hydrogens (tertiary/aromatic N) is 3. The summed E-state index contributed by atoms with van der Waals surface area (Å²) in [5.74, 6) is 0.493. The lowest BCUT2D eigenvalue weighted by Crippen LogP contribution is -2.29. The van der Waals surface area contributed by atoms with E-state index in [1.54, 1.807) is 12.4 Å². The molecule has 26 heavy (non-hydrogen) atoms. The second-order valence-electron chi connectivity index (χ2n) is 6.77. The molecule has 2 aromatic carbocycles. The normalized spacial score (nSPS) is 16.7. The zero-order chi connectivity index (χ0) is 17.9. The molecule has 1 fully saturated rings. The fourth-order valence-corrected chi connectivity index (χ4v) is 3.77. The molecule has 1 aliphatic rings. The fraction of sp³-hybridized carbons (Fsp3) is 0.227. The standard InChI is InChI=1S/C22H21N3O/c1-16-6-2-3-7-19(16)17-10-11-25(14-17)22(26)21-9-5-4-8-20(21)18-12-23-15-24-13-18/h2-9,12-13,15,17H,10-11,14H2,1H3/t17-/m1/s1. The highest BCUT2D eigenvalue weighted by molar-refractivity contribution is 6.00. The number of aryl methyl sites for hydroxylation is 1. The molecule has 0 radical (unpaired) electrons. The van der Waals surface area contributed by atoms with E-state index in [1.165, 1.54) is 17.5 Å². The second-order valence-corrected chi connectivity index (χ2v) is 6.77. The third-order valence-electron chi connectivity index (χ3n) is 5.13. The minimum atomic E-state index is 0.0838. The van der Waals surface area contributed by atoms with Crippen LogP contribution in [0.4, 0.5) is 0 Å². The number of carbonyl (C=O) groups excluding carboxylic acids is 1. The van der Waals surface area contributed by atoms with Gasteiger partial charge in [-0.2, -0.15) is 0 Å². The van der Waals surface area contributed by atoms with Crippen LogP contribution in [0, 0.1) is 6.92 Å². The van der Waals surface area contributed by atoms with E-state index in [4.69, 9.17) is 0 Å². The highest BCUT2D eigenvalue weighted by atomic mass is 16.2. The fourth-order valence-electron chi connectivity index (χ4n) is 3.77. The summed E-state index contributed by atoms with van der Waals surface area (Å²) in [6.07, 6.45) is 6.01. The number of benzene rings is 2. The first-order chi connectivity index (χ1) is 12.7. The Bertz CT molecular complexity index is 923. The van der Waals surface area contributed by atoms with Crippen LogP contribution in [-0.4, -0.2) is 33.9 Å². The Labute approximate surface area is 153 Å². The summed E-state index contributed by atoms with van der Waals surface area (Å²) in [6, 6.07) is 16.2. The largest absolute Gasteiger partial charge is 0.338 e. The maximum absolute atomic E-state index is 13.2. The Balaban J connectivity index is 1.59. The summed E-state index contributed by atoms with van der Waals surface area (Å²) in [5.41, 5.74) is 5.12. The van der Waals surface area contributed by atoms with E-state index >= 15 is 0 Å². The molecular weight excluding hydrogens is 322 g/mol. The Morgan fingerprint density at radius 1 is 1.04 bits per heavy atom. The van der Waals surface area contributed by atoms with Gasteiger partial charge in [0.25, 0.3) is 5.91 Å². The lowest BCUT2D eigenvalue weighted by Gasteiger charge is -2.19. The molecular formula is C22H21N3O. The average Bonchev–Trinajstić information content (AvgIpc) is 3.18. The van der Waals surface area contributed by atoms with Gasteiger partial charge in [0.15, 0.2) is 0 Å². The maximum Gasteiger partial charge on any atom is 0.254 e. The molecule has 0 saturated carbocycles. The predicted octanol–water partition coefficient (Wildman–Crippen LogP) is 4.08. The van der Waals surface area contributed by atoms with Gasteiger partial charge in [-0.3, -0.25) is 4.79 Å². The van der Waals surface area contributed by atoms with Crippen molar-refractivity contribution in [2.45, 2.75) is 19.3 Å². The SMILES string of the molecule is Cc1ccccc1[C@@H]1CCN(C(=O)c2ccccc2-c2cncnc2)C1. The summed E-state index contributed by atoms with van der Waals surface area (Å²) in [7, 11) is 0. The summed E-state index contributed by atoms with van der Waals surface area (Å²) in [4.78, 5) is 23.3. The van der Waals surface area contributed by atoms with Crippen molar-refractivity contribution in [1.82, 2.24) is 14.9 Å². The lowest BCUT2D eigenvalue weighted by molar-refractivity contribution is 0.0791. The van der Waals surface area contributed by atoms with Gasteiger partial charge < -0.3 is 4.90 Å². The number of likely N-dealkylation sites (tertiary alicyclic amines) is 1. The molecule has 0 N–H and O–H groups in total. The first-order valence-corrected chi connectivity index (χ1v) is 8.93. The first-order valence-electron chi connectivity index (χ1n) is 8.93. The minimum Gasteiger partial charge on any atom is -0.338 e.